The molecule has 0 radical (unpaired) electrons. The van der Waals surface area contributed by atoms with E-state index in [-0.39, 0.29) is 17.2 Å². The molecule has 1 aliphatic rings. The molecule has 1 N–H and O–H groups in total. The summed E-state index contributed by atoms with van der Waals surface area (Å²) in [5, 5.41) is 3.36. The third-order valence-electron chi connectivity index (χ3n) is 5.53. The van der Waals surface area contributed by atoms with E-state index in [1.807, 2.05) is 0 Å². The lowest BCUT2D eigenvalue weighted by Gasteiger charge is -2.18. The fraction of sp³-hybridized carbons (Fsp3) is 0.364. The quantitative estimate of drug-likeness (QED) is 0.661. The highest BCUT2D eigenvalue weighted by Crippen LogP contribution is 2.35. The number of aromatic nitrogens is 2. The summed E-state index contributed by atoms with van der Waals surface area (Å²) in [6.45, 7) is 5.39. The van der Waals surface area contributed by atoms with Gasteiger partial charge in [-0.2, -0.15) is 0 Å². The lowest BCUT2D eigenvalue weighted by Crippen LogP contribution is -2.29. The van der Waals surface area contributed by atoms with E-state index < -0.39 is 6.04 Å². The van der Waals surface area contributed by atoms with E-state index in [1.54, 1.807) is 42.5 Å². The van der Waals surface area contributed by atoms with Gasteiger partial charge in [-0.05, 0) is 61.9 Å². The molecule has 0 aliphatic heterocycles. The maximum absolute atomic E-state index is 13.2. The summed E-state index contributed by atoms with van der Waals surface area (Å²) >= 11 is 1.61. The molecule has 0 saturated carbocycles. The molecule has 1 amide bonds. The Bertz CT molecular complexity index is 1160. The Morgan fingerprint density at radius 3 is 2.69 bits per heavy atom. The number of benzene rings is 1. The smallest absolute Gasteiger partial charge is 0.263 e. The zero-order valence-corrected chi connectivity index (χ0v) is 17.5. The van der Waals surface area contributed by atoms with E-state index in [9.17, 15) is 14.4 Å². The second-order valence-electron chi connectivity index (χ2n) is 7.79. The maximum Gasteiger partial charge on any atom is 0.263 e. The van der Waals surface area contributed by atoms with Crippen LogP contribution in [0.1, 0.15) is 54.0 Å². The second kappa shape index (κ2) is 7.55. The fourth-order valence-corrected chi connectivity index (χ4v) is 5.25. The van der Waals surface area contributed by atoms with E-state index in [0.717, 1.165) is 29.7 Å². The van der Waals surface area contributed by atoms with Crippen LogP contribution in [0.2, 0.25) is 0 Å². The molecular formula is C22H23N3O3S. The van der Waals surface area contributed by atoms with Gasteiger partial charge in [0.25, 0.3) is 5.56 Å². The first-order chi connectivity index (χ1) is 13.8. The number of hydrogen-bond acceptors (Lipinski definition) is 5. The van der Waals surface area contributed by atoms with Crippen LogP contribution >= 0.6 is 11.3 Å². The lowest BCUT2D eigenvalue weighted by molar-refractivity contribution is -0.114. The van der Waals surface area contributed by atoms with Gasteiger partial charge in [0.05, 0.1) is 17.8 Å². The molecule has 7 heteroatoms. The highest BCUT2D eigenvalue weighted by Gasteiger charge is 2.25. The number of aryl methyl sites for hydroxylation is 1. The first-order valence-electron chi connectivity index (χ1n) is 9.78. The minimum absolute atomic E-state index is 0.141. The minimum atomic E-state index is -0.663. The van der Waals surface area contributed by atoms with E-state index in [0.29, 0.717) is 22.6 Å². The Kier molecular flexibility index (Phi) is 5.08. The third kappa shape index (κ3) is 3.62. The molecule has 1 aromatic carbocycles. The number of fused-ring (bicyclic) bond motifs is 3. The van der Waals surface area contributed by atoms with Gasteiger partial charge in [0, 0.05) is 23.1 Å². The SMILES string of the molecule is CC(=O)Nc1ccc(C(=O)C(C)n2cnc3sc4c(c3c2=O)CCC(C)C4)cc1. The highest BCUT2D eigenvalue weighted by atomic mass is 32.1. The topological polar surface area (TPSA) is 81.1 Å². The molecule has 29 heavy (non-hydrogen) atoms. The Morgan fingerprint density at radius 2 is 2.00 bits per heavy atom. The number of Topliss-reactive ketones (excluding diaryl/α,β-unsaturated/α-hetero) is 1. The number of rotatable bonds is 4. The van der Waals surface area contributed by atoms with Crippen molar-refractivity contribution < 1.29 is 9.59 Å². The Labute approximate surface area is 172 Å². The molecule has 1 aliphatic carbocycles. The van der Waals surface area contributed by atoms with Crippen LogP contribution in [-0.2, 0) is 17.6 Å². The van der Waals surface area contributed by atoms with E-state index in [1.165, 1.54) is 22.7 Å². The molecule has 0 bridgehead atoms. The molecule has 2 aromatic heterocycles. The van der Waals surface area contributed by atoms with Crippen molar-refractivity contribution in [1.82, 2.24) is 9.55 Å². The van der Waals surface area contributed by atoms with E-state index in [4.69, 9.17) is 0 Å². The number of thiophene rings is 1. The van der Waals surface area contributed by atoms with Crippen molar-refractivity contribution in [2.45, 2.75) is 46.1 Å². The van der Waals surface area contributed by atoms with Crippen LogP contribution in [0.25, 0.3) is 10.2 Å². The molecule has 0 fully saturated rings. The number of carbonyl (C=O) groups excluding carboxylic acids is 2. The zero-order chi connectivity index (χ0) is 20.7. The van der Waals surface area contributed by atoms with Crippen molar-refractivity contribution in [1.29, 1.82) is 0 Å². The summed E-state index contributed by atoms with van der Waals surface area (Å²) in [6, 6.07) is 6.03. The van der Waals surface area contributed by atoms with Crippen LogP contribution in [-0.4, -0.2) is 21.2 Å². The predicted octanol–water partition coefficient (Wildman–Crippen LogP) is 3.99. The molecule has 0 saturated heterocycles. The summed E-state index contributed by atoms with van der Waals surface area (Å²) in [4.78, 5) is 43.9. The average molecular weight is 410 g/mol. The summed E-state index contributed by atoms with van der Waals surface area (Å²) in [6.07, 6.45) is 4.45. The molecule has 150 valence electrons. The van der Waals surface area contributed by atoms with Crippen LogP contribution in [0.4, 0.5) is 5.69 Å². The molecule has 2 unspecified atom stereocenters. The monoisotopic (exact) mass is 409 g/mol. The Morgan fingerprint density at radius 1 is 1.28 bits per heavy atom. The van der Waals surface area contributed by atoms with Gasteiger partial charge in [0.15, 0.2) is 5.78 Å². The van der Waals surface area contributed by atoms with Crippen molar-refractivity contribution >= 4 is 38.9 Å². The number of carbonyl (C=O) groups is 2. The lowest BCUT2D eigenvalue weighted by atomic mass is 9.89. The van der Waals surface area contributed by atoms with Crippen molar-refractivity contribution in [3.63, 3.8) is 0 Å². The van der Waals surface area contributed by atoms with E-state index >= 15 is 0 Å². The van der Waals surface area contributed by atoms with Crippen LogP contribution in [0.3, 0.4) is 0 Å². The number of amides is 1. The standard InChI is InChI=1S/C22H23N3O3S/c1-12-4-9-17-18(10-12)29-21-19(17)22(28)25(11-23-21)13(2)20(27)15-5-7-16(8-6-15)24-14(3)26/h5-8,11-13H,4,9-10H2,1-3H3,(H,24,26). The van der Waals surface area contributed by atoms with Crippen LogP contribution < -0.4 is 10.9 Å². The maximum atomic E-state index is 13.2. The third-order valence-corrected chi connectivity index (χ3v) is 6.69. The highest BCUT2D eigenvalue weighted by molar-refractivity contribution is 7.18. The van der Waals surface area contributed by atoms with Crippen molar-refractivity contribution in [2.75, 3.05) is 5.32 Å². The number of ketones is 1. The van der Waals surface area contributed by atoms with Gasteiger partial charge in [-0.1, -0.05) is 6.92 Å². The first kappa shape index (κ1) is 19.5. The summed E-state index contributed by atoms with van der Waals surface area (Å²) in [5.74, 6) is 0.288. The molecule has 4 rings (SSSR count). The first-order valence-corrected chi connectivity index (χ1v) is 10.6. The normalized spacial score (nSPS) is 17.0. The summed E-state index contributed by atoms with van der Waals surface area (Å²) < 4.78 is 1.44. The fourth-order valence-electron chi connectivity index (χ4n) is 3.91. The van der Waals surface area contributed by atoms with Crippen molar-refractivity contribution in [3.05, 3.63) is 57.0 Å². The number of anilines is 1. The zero-order valence-electron chi connectivity index (χ0n) is 16.7. The summed E-state index contributed by atoms with van der Waals surface area (Å²) in [7, 11) is 0. The van der Waals surface area contributed by atoms with Crippen molar-refractivity contribution in [2.24, 2.45) is 5.92 Å². The largest absolute Gasteiger partial charge is 0.326 e. The molecular weight excluding hydrogens is 386 g/mol. The minimum Gasteiger partial charge on any atom is -0.326 e. The van der Waals surface area contributed by atoms with Gasteiger partial charge >= 0.3 is 0 Å². The van der Waals surface area contributed by atoms with Gasteiger partial charge in [0.2, 0.25) is 5.91 Å². The van der Waals surface area contributed by atoms with Gasteiger partial charge < -0.3 is 5.32 Å². The molecule has 3 aromatic rings. The number of nitrogens with one attached hydrogen (secondary N) is 1. The predicted molar refractivity (Wildman–Crippen MR) is 115 cm³/mol. The second-order valence-corrected chi connectivity index (χ2v) is 8.87. The number of nitrogens with zero attached hydrogens (tertiary/aromatic N) is 2. The van der Waals surface area contributed by atoms with Crippen molar-refractivity contribution in [3.8, 4) is 0 Å². The molecule has 0 spiro atoms. The van der Waals surface area contributed by atoms with Gasteiger partial charge in [0.1, 0.15) is 4.83 Å². The number of hydrogen-bond donors (Lipinski definition) is 1. The van der Waals surface area contributed by atoms with Gasteiger partial charge in [-0.25, -0.2) is 4.98 Å². The van der Waals surface area contributed by atoms with Gasteiger partial charge in [-0.15, -0.1) is 11.3 Å². The van der Waals surface area contributed by atoms with Crippen LogP contribution in [0.5, 0.6) is 0 Å². The van der Waals surface area contributed by atoms with Crippen LogP contribution in [0.15, 0.2) is 35.4 Å². The molecule has 2 heterocycles. The summed E-state index contributed by atoms with van der Waals surface area (Å²) in [5.41, 5.74) is 2.09. The Hall–Kier alpha value is -2.80. The average Bonchev–Trinajstić information content (AvgIpc) is 3.05. The van der Waals surface area contributed by atoms with E-state index in [2.05, 4.69) is 17.2 Å². The molecule has 6 nitrogen and oxygen atoms in total. The van der Waals surface area contributed by atoms with Gasteiger partial charge in [-0.3, -0.25) is 19.0 Å². The van der Waals surface area contributed by atoms with Crippen LogP contribution in [0, 0.1) is 5.92 Å². The molecule has 2 atom stereocenters. The Balaban J connectivity index is 1.67.